The molecule has 2 aliphatic heterocycles. The smallest absolute Gasteiger partial charge is 0.261 e. The number of carbonyl (C=O) groups is 3. The highest BCUT2D eigenvalue weighted by atomic mass is 16.2. The molecule has 0 radical (unpaired) electrons. The number of fused-ring (bicyclic) bond motifs is 1. The van der Waals surface area contributed by atoms with Gasteiger partial charge in [-0.15, -0.1) is 0 Å². The van der Waals surface area contributed by atoms with E-state index in [1.807, 2.05) is 0 Å². The molecule has 0 saturated carbocycles. The Balaban J connectivity index is 1.47. The molecule has 3 rings (SSSR count). The standard InChI is InChI=1S/C17H21N3O3/c21-15(19-12-7-9-18-10-8-12)6-3-11-20-16(22)13-4-1-2-5-14(13)17(20)23/h1-2,4-5,12,18H,3,6-11H2,(H,19,21). The molecule has 23 heavy (non-hydrogen) atoms. The topological polar surface area (TPSA) is 78.5 Å². The Bertz CT molecular complexity index is 588. The van der Waals surface area contributed by atoms with Gasteiger partial charge < -0.3 is 10.6 Å². The highest BCUT2D eigenvalue weighted by Crippen LogP contribution is 2.22. The summed E-state index contributed by atoms with van der Waals surface area (Å²) in [5.41, 5.74) is 0.910. The second-order valence-corrected chi connectivity index (χ2v) is 6.00. The molecule has 0 aliphatic carbocycles. The van der Waals surface area contributed by atoms with E-state index in [1.54, 1.807) is 24.3 Å². The molecule has 0 unspecified atom stereocenters. The van der Waals surface area contributed by atoms with Crippen molar-refractivity contribution in [2.24, 2.45) is 0 Å². The van der Waals surface area contributed by atoms with Gasteiger partial charge in [-0.2, -0.15) is 0 Å². The first-order chi connectivity index (χ1) is 11.2. The summed E-state index contributed by atoms with van der Waals surface area (Å²) >= 11 is 0. The van der Waals surface area contributed by atoms with Gasteiger partial charge in [-0.1, -0.05) is 12.1 Å². The van der Waals surface area contributed by atoms with Crippen molar-refractivity contribution in [3.63, 3.8) is 0 Å². The molecule has 2 N–H and O–H groups in total. The highest BCUT2D eigenvalue weighted by Gasteiger charge is 2.34. The van der Waals surface area contributed by atoms with Crippen molar-refractivity contribution in [2.45, 2.75) is 31.7 Å². The number of piperidine rings is 1. The monoisotopic (exact) mass is 315 g/mol. The quantitative estimate of drug-likeness (QED) is 0.793. The summed E-state index contributed by atoms with van der Waals surface area (Å²) in [5, 5.41) is 6.27. The predicted molar refractivity (Wildman–Crippen MR) is 85.1 cm³/mol. The van der Waals surface area contributed by atoms with Crippen molar-refractivity contribution in [3.8, 4) is 0 Å². The highest BCUT2D eigenvalue weighted by molar-refractivity contribution is 6.21. The van der Waals surface area contributed by atoms with E-state index in [0.29, 0.717) is 24.0 Å². The molecule has 1 aromatic carbocycles. The van der Waals surface area contributed by atoms with E-state index in [2.05, 4.69) is 10.6 Å². The third-order valence-electron chi connectivity index (χ3n) is 4.37. The van der Waals surface area contributed by atoms with Gasteiger partial charge in [-0.3, -0.25) is 19.3 Å². The summed E-state index contributed by atoms with van der Waals surface area (Å²) in [4.78, 5) is 37.6. The zero-order valence-electron chi connectivity index (χ0n) is 13.0. The van der Waals surface area contributed by atoms with Gasteiger partial charge in [0.1, 0.15) is 0 Å². The molecular weight excluding hydrogens is 294 g/mol. The molecule has 122 valence electrons. The Morgan fingerprint density at radius 2 is 1.74 bits per heavy atom. The van der Waals surface area contributed by atoms with Crippen LogP contribution in [0.3, 0.4) is 0 Å². The van der Waals surface area contributed by atoms with Crippen LogP contribution in [-0.2, 0) is 4.79 Å². The summed E-state index contributed by atoms with van der Waals surface area (Å²) in [6.07, 6.45) is 2.72. The van der Waals surface area contributed by atoms with Crippen LogP contribution in [0.2, 0.25) is 0 Å². The minimum Gasteiger partial charge on any atom is -0.353 e. The number of amides is 3. The zero-order chi connectivity index (χ0) is 16.2. The number of carbonyl (C=O) groups excluding carboxylic acids is 3. The average molecular weight is 315 g/mol. The number of hydrogen-bond donors (Lipinski definition) is 2. The van der Waals surface area contributed by atoms with Crippen LogP contribution >= 0.6 is 0 Å². The molecule has 6 nitrogen and oxygen atoms in total. The zero-order valence-corrected chi connectivity index (χ0v) is 13.0. The molecule has 6 heteroatoms. The van der Waals surface area contributed by atoms with Crippen molar-refractivity contribution in [1.29, 1.82) is 0 Å². The maximum absolute atomic E-state index is 12.2. The van der Waals surface area contributed by atoms with Crippen LogP contribution in [0.25, 0.3) is 0 Å². The van der Waals surface area contributed by atoms with E-state index < -0.39 is 0 Å². The first kappa shape index (κ1) is 15.7. The summed E-state index contributed by atoms with van der Waals surface area (Å²) in [6, 6.07) is 7.07. The van der Waals surface area contributed by atoms with Crippen molar-refractivity contribution < 1.29 is 14.4 Å². The summed E-state index contributed by atoms with van der Waals surface area (Å²) < 4.78 is 0. The molecule has 1 saturated heterocycles. The van der Waals surface area contributed by atoms with Crippen LogP contribution in [0.1, 0.15) is 46.4 Å². The molecular formula is C17H21N3O3. The number of nitrogens with zero attached hydrogens (tertiary/aromatic N) is 1. The molecule has 2 aliphatic rings. The molecule has 1 fully saturated rings. The van der Waals surface area contributed by atoms with E-state index in [-0.39, 0.29) is 30.3 Å². The summed E-state index contributed by atoms with van der Waals surface area (Å²) in [6.45, 7) is 2.14. The lowest BCUT2D eigenvalue weighted by atomic mass is 10.1. The van der Waals surface area contributed by atoms with E-state index in [4.69, 9.17) is 0 Å². The fourth-order valence-electron chi connectivity index (χ4n) is 3.11. The minimum atomic E-state index is -0.260. The maximum atomic E-state index is 12.2. The Kier molecular flexibility index (Phi) is 4.71. The van der Waals surface area contributed by atoms with Crippen molar-refractivity contribution in [1.82, 2.24) is 15.5 Å². The predicted octanol–water partition coefficient (Wildman–Crippen LogP) is 0.931. The number of nitrogens with one attached hydrogen (secondary N) is 2. The van der Waals surface area contributed by atoms with Crippen LogP contribution in [0, 0.1) is 0 Å². The lowest BCUT2D eigenvalue weighted by Gasteiger charge is -2.23. The average Bonchev–Trinajstić information content (AvgIpc) is 2.81. The van der Waals surface area contributed by atoms with Crippen molar-refractivity contribution in [2.75, 3.05) is 19.6 Å². The molecule has 1 aromatic rings. The SMILES string of the molecule is O=C(CCCN1C(=O)c2ccccc2C1=O)NC1CCNCC1. The molecule has 2 heterocycles. The third kappa shape index (κ3) is 3.42. The van der Waals surface area contributed by atoms with Gasteiger partial charge in [0.05, 0.1) is 11.1 Å². The van der Waals surface area contributed by atoms with Gasteiger partial charge in [0.25, 0.3) is 11.8 Å². The fraction of sp³-hybridized carbons (Fsp3) is 0.471. The van der Waals surface area contributed by atoms with Gasteiger partial charge in [0.2, 0.25) is 5.91 Å². The van der Waals surface area contributed by atoms with E-state index in [9.17, 15) is 14.4 Å². The Hall–Kier alpha value is -2.21. The second kappa shape index (κ2) is 6.91. The Labute approximate surface area is 135 Å². The number of imide groups is 1. The molecule has 0 spiro atoms. The lowest BCUT2D eigenvalue weighted by molar-refractivity contribution is -0.122. The van der Waals surface area contributed by atoms with Crippen molar-refractivity contribution >= 4 is 17.7 Å². The lowest BCUT2D eigenvalue weighted by Crippen LogP contribution is -2.42. The summed E-state index contributed by atoms with van der Waals surface area (Å²) in [5.74, 6) is -0.526. The molecule has 0 bridgehead atoms. The fourth-order valence-corrected chi connectivity index (χ4v) is 3.11. The van der Waals surface area contributed by atoms with Gasteiger partial charge in [0.15, 0.2) is 0 Å². The Morgan fingerprint density at radius 3 is 2.35 bits per heavy atom. The largest absolute Gasteiger partial charge is 0.353 e. The second-order valence-electron chi connectivity index (χ2n) is 6.00. The van der Waals surface area contributed by atoms with E-state index in [1.165, 1.54) is 4.90 Å². The third-order valence-corrected chi connectivity index (χ3v) is 4.37. The maximum Gasteiger partial charge on any atom is 0.261 e. The van der Waals surface area contributed by atoms with Gasteiger partial charge >= 0.3 is 0 Å². The Morgan fingerprint density at radius 1 is 1.13 bits per heavy atom. The van der Waals surface area contributed by atoms with E-state index in [0.717, 1.165) is 25.9 Å². The first-order valence-corrected chi connectivity index (χ1v) is 8.12. The summed E-state index contributed by atoms with van der Waals surface area (Å²) in [7, 11) is 0. The van der Waals surface area contributed by atoms with E-state index >= 15 is 0 Å². The number of benzene rings is 1. The number of rotatable bonds is 5. The normalized spacial score (nSPS) is 18.2. The molecule has 3 amide bonds. The van der Waals surface area contributed by atoms with Crippen molar-refractivity contribution in [3.05, 3.63) is 35.4 Å². The van der Waals surface area contributed by atoms with Crippen LogP contribution in [0.5, 0.6) is 0 Å². The van der Waals surface area contributed by atoms with Crippen LogP contribution in [0.15, 0.2) is 24.3 Å². The molecule has 0 atom stereocenters. The van der Waals surface area contributed by atoms with Crippen LogP contribution < -0.4 is 10.6 Å². The minimum absolute atomic E-state index is 0.00601. The van der Waals surface area contributed by atoms with Crippen LogP contribution in [-0.4, -0.2) is 48.3 Å². The van der Waals surface area contributed by atoms with Crippen LogP contribution in [0.4, 0.5) is 0 Å². The van der Waals surface area contributed by atoms with Gasteiger partial charge in [0, 0.05) is 19.0 Å². The number of hydrogen-bond acceptors (Lipinski definition) is 4. The first-order valence-electron chi connectivity index (χ1n) is 8.12. The molecule has 0 aromatic heterocycles. The van der Waals surface area contributed by atoms with Gasteiger partial charge in [-0.05, 0) is 44.5 Å². The van der Waals surface area contributed by atoms with Gasteiger partial charge in [-0.25, -0.2) is 0 Å².